The third-order valence-corrected chi connectivity index (χ3v) is 2.98. The van der Waals surface area contributed by atoms with Crippen molar-refractivity contribution in [2.45, 2.75) is 45.4 Å². The minimum Gasteiger partial charge on any atom is -0.382 e. The third kappa shape index (κ3) is 3.00. The lowest BCUT2D eigenvalue weighted by atomic mass is 9.73. The molecule has 0 N–H and O–H groups in total. The highest BCUT2D eigenvalue weighted by atomic mass is 16.5. The van der Waals surface area contributed by atoms with E-state index < -0.39 is 0 Å². The summed E-state index contributed by atoms with van der Waals surface area (Å²) in [6.07, 6.45) is 6.84. The molecule has 13 heavy (non-hydrogen) atoms. The second kappa shape index (κ2) is 5.24. The van der Waals surface area contributed by atoms with Gasteiger partial charge in [0.25, 0.3) is 0 Å². The summed E-state index contributed by atoms with van der Waals surface area (Å²) in [5, 5.41) is 9.14. The van der Waals surface area contributed by atoms with Crippen molar-refractivity contribution >= 4 is 0 Å². The lowest BCUT2D eigenvalue weighted by Crippen LogP contribution is -2.23. The zero-order valence-corrected chi connectivity index (χ0v) is 8.51. The highest BCUT2D eigenvalue weighted by Crippen LogP contribution is 2.38. The Hall–Kier alpha value is -0.550. The van der Waals surface area contributed by atoms with Gasteiger partial charge in [-0.05, 0) is 26.2 Å². The Bertz CT molecular complexity index is 177. The van der Waals surface area contributed by atoms with E-state index in [1.165, 1.54) is 19.3 Å². The molecule has 1 aliphatic carbocycles. The molecule has 0 aromatic rings. The van der Waals surface area contributed by atoms with Crippen molar-refractivity contribution in [3.05, 3.63) is 0 Å². The molecule has 1 fully saturated rings. The summed E-state index contributed by atoms with van der Waals surface area (Å²) in [5.74, 6) is 0. The average Bonchev–Trinajstić information content (AvgIpc) is 2.20. The van der Waals surface area contributed by atoms with E-state index in [1.54, 1.807) is 0 Å². The van der Waals surface area contributed by atoms with E-state index in [2.05, 4.69) is 6.07 Å². The van der Waals surface area contributed by atoms with Crippen LogP contribution in [0, 0.1) is 16.7 Å². The molecule has 0 unspecified atom stereocenters. The SMILES string of the molecule is CCOCCC1(C#N)CCCCC1. The Morgan fingerprint density at radius 1 is 1.31 bits per heavy atom. The predicted octanol–water partition coefficient (Wildman–Crippen LogP) is 2.89. The van der Waals surface area contributed by atoms with Crippen LogP contribution in [0.1, 0.15) is 45.4 Å². The molecule has 0 bridgehead atoms. The molecule has 0 heterocycles. The van der Waals surface area contributed by atoms with Gasteiger partial charge in [-0.25, -0.2) is 0 Å². The third-order valence-electron chi connectivity index (χ3n) is 2.98. The van der Waals surface area contributed by atoms with Crippen molar-refractivity contribution in [1.29, 1.82) is 5.26 Å². The smallest absolute Gasteiger partial charge is 0.0690 e. The summed E-state index contributed by atoms with van der Waals surface area (Å²) in [7, 11) is 0. The van der Waals surface area contributed by atoms with Crippen LogP contribution in [0.25, 0.3) is 0 Å². The first-order valence-corrected chi connectivity index (χ1v) is 5.32. The van der Waals surface area contributed by atoms with Crippen LogP contribution in [0.15, 0.2) is 0 Å². The van der Waals surface area contributed by atoms with Gasteiger partial charge in [-0.2, -0.15) is 5.26 Å². The maximum Gasteiger partial charge on any atom is 0.0690 e. The maximum absolute atomic E-state index is 9.14. The van der Waals surface area contributed by atoms with Crippen molar-refractivity contribution in [2.75, 3.05) is 13.2 Å². The molecule has 0 spiro atoms. The van der Waals surface area contributed by atoms with Gasteiger partial charge >= 0.3 is 0 Å². The summed E-state index contributed by atoms with van der Waals surface area (Å²) in [4.78, 5) is 0. The lowest BCUT2D eigenvalue weighted by Gasteiger charge is -2.30. The molecule has 1 aliphatic rings. The standard InChI is InChI=1S/C11H19NO/c1-2-13-9-8-11(10-12)6-4-3-5-7-11/h2-9H2,1H3. The van der Waals surface area contributed by atoms with Gasteiger partial charge < -0.3 is 4.74 Å². The molecule has 1 saturated carbocycles. The molecule has 0 saturated heterocycles. The highest BCUT2D eigenvalue weighted by molar-refractivity contribution is 5.00. The van der Waals surface area contributed by atoms with Crippen LogP contribution in [0.3, 0.4) is 0 Å². The van der Waals surface area contributed by atoms with E-state index in [0.29, 0.717) is 0 Å². The van der Waals surface area contributed by atoms with Crippen LogP contribution >= 0.6 is 0 Å². The first kappa shape index (κ1) is 10.5. The molecule has 2 nitrogen and oxygen atoms in total. The number of nitriles is 1. The fourth-order valence-electron chi connectivity index (χ4n) is 2.06. The maximum atomic E-state index is 9.14. The van der Waals surface area contributed by atoms with Gasteiger partial charge in [-0.1, -0.05) is 19.3 Å². The minimum atomic E-state index is -0.0482. The number of ether oxygens (including phenoxy) is 1. The number of hydrogen-bond acceptors (Lipinski definition) is 2. The van der Waals surface area contributed by atoms with Gasteiger partial charge in [0, 0.05) is 13.2 Å². The van der Waals surface area contributed by atoms with Crippen molar-refractivity contribution in [2.24, 2.45) is 5.41 Å². The molecule has 0 aromatic heterocycles. The van der Waals surface area contributed by atoms with E-state index in [0.717, 1.165) is 32.5 Å². The fourth-order valence-corrected chi connectivity index (χ4v) is 2.06. The number of rotatable bonds is 4. The molecule has 0 amide bonds. The zero-order chi connectivity index (χ0) is 9.57. The average molecular weight is 181 g/mol. The van der Waals surface area contributed by atoms with Crippen LogP contribution in [0.2, 0.25) is 0 Å². The van der Waals surface area contributed by atoms with Gasteiger partial charge in [0.05, 0.1) is 11.5 Å². The zero-order valence-electron chi connectivity index (χ0n) is 8.51. The Labute approximate surface area is 80.9 Å². The van der Waals surface area contributed by atoms with Crippen LogP contribution < -0.4 is 0 Å². The van der Waals surface area contributed by atoms with Crippen LogP contribution in [0.5, 0.6) is 0 Å². The summed E-state index contributed by atoms with van der Waals surface area (Å²) in [6.45, 7) is 3.52. The van der Waals surface area contributed by atoms with Crippen LogP contribution in [-0.2, 0) is 4.74 Å². The van der Waals surface area contributed by atoms with E-state index in [9.17, 15) is 0 Å². The van der Waals surface area contributed by atoms with E-state index in [-0.39, 0.29) is 5.41 Å². The molecule has 0 radical (unpaired) electrons. The van der Waals surface area contributed by atoms with Gasteiger partial charge in [0.2, 0.25) is 0 Å². The second-order valence-electron chi connectivity index (χ2n) is 3.90. The second-order valence-corrected chi connectivity index (χ2v) is 3.90. The highest BCUT2D eigenvalue weighted by Gasteiger charge is 2.31. The summed E-state index contributed by atoms with van der Waals surface area (Å²) >= 11 is 0. The van der Waals surface area contributed by atoms with Crippen LogP contribution in [-0.4, -0.2) is 13.2 Å². The van der Waals surface area contributed by atoms with Crippen LogP contribution in [0.4, 0.5) is 0 Å². The van der Waals surface area contributed by atoms with Gasteiger partial charge in [-0.3, -0.25) is 0 Å². The van der Waals surface area contributed by atoms with Gasteiger partial charge in [-0.15, -0.1) is 0 Å². The summed E-state index contributed by atoms with van der Waals surface area (Å²) in [5.41, 5.74) is -0.0482. The normalized spacial score (nSPS) is 20.9. The molecule has 0 aliphatic heterocycles. The topological polar surface area (TPSA) is 33.0 Å². The quantitative estimate of drug-likeness (QED) is 0.625. The van der Waals surface area contributed by atoms with Crippen molar-refractivity contribution < 1.29 is 4.74 Å². The summed E-state index contributed by atoms with van der Waals surface area (Å²) < 4.78 is 5.31. The number of nitrogens with zero attached hydrogens (tertiary/aromatic N) is 1. The molecule has 0 aromatic carbocycles. The van der Waals surface area contributed by atoms with Crippen molar-refractivity contribution in [3.8, 4) is 6.07 Å². The fraction of sp³-hybridized carbons (Fsp3) is 0.909. The predicted molar refractivity (Wildman–Crippen MR) is 52.2 cm³/mol. The molecule has 74 valence electrons. The van der Waals surface area contributed by atoms with Crippen molar-refractivity contribution in [1.82, 2.24) is 0 Å². The molecule has 2 heteroatoms. The Kier molecular flexibility index (Phi) is 4.24. The summed E-state index contributed by atoms with van der Waals surface area (Å²) in [6, 6.07) is 2.50. The lowest BCUT2D eigenvalue weighted by molar-refractivity contribution is 0.106. The largest absolute Gasteiger partial charge is 0.382 e. The van der Waals surface area contributed by atoms with Gasteiger partial charge in [0.15, 0.2) is 0 Å². The first-order chi connectivity index (χ1) is 6.33. The van der Waals surface area contributed by atoms with E-state index in [1.807, 2.05) is 6.92 Å². The van der Waals surface area contributed by atoms with Crippen molar-refractivity contribution in [3.63, 3.8) is 0 Å². The van der Waals surface area contributed by atoms with Gasteiger partial charge in [0.1, 0.15) is 0 Å². The first-order valence-electron chi connectivity index (χ1n) is 5.32. The Balaban J connectivity index is 2.35. The Morgan fingerprint density at radius 3 is 2.54 bits per heavy atom. The van der Waals surface area contributed by atoms with E-state index in [4.69, 9.17) is 10.00 Å². The molecule has 1 rings (SSSR count). The molecular formula is C11H19NO. The molecule has 0 atom stereocenters. The number of hydrogen-bond donors (Lipinski definition) is 0. The minimum absolute atomic E-state index is 0.0482. The molecular weight excluding hydrogens is 162 g/mol. The Morgan fingerprint density at radius 2 is 2.00 bits per heavy atom. The van der Waals surface area contributed by atoms with E-state index >= 15 is 0 Å². The monoisotopic (exact) mass is 181 g/mol.